The summed E-state index contributed by atoms with van der Waals surface area (Å²) in [6.07, 6.45) is 1.41. The lowest BCUT2D eigenvalue weighted by Gasteiger charge is -2.10. The van der Waals surface area contributed by atoms with E-state index in [1.54, 1.807) is 6.92 Å². The van der Waals surface area contributed by atoms with Crippen LogP contribution in [0.2, 0.25) is 0 Å². The predicted molar refractivity (Wildman–Crippen MR) is 59.9 cm³/mol. The second-order valence-corrected chi connectivity index (χ2v) is 5.16. The molecule has 2 rings (SSSR count). The van der Waals surface area contributed by atoms with Crippen LogP contribution >= 0.6 is 0 Å². The van der Waals surface area contributed by atoms with Crippen molar-refractivity contribution in [2.75, 3.05) is 0 Å². The maximum atomic E-state index is 12.2. The number of hydrogen-bond donors (Lipinski definition) is 0. The Morgan fingerprint density at radius 1 is 1.26 bits per heavy atom. The summed E-state index contributed by atoms with van der Waals surface area (Å²) in [5.41, 5.74) is -4.88. The van der Waals surface area contributed by atoms with Crippen LogP contribution in [-0.2, 0) is 10.1 Å². The van der Waals surface area contributed by atoms with E-state index >= 15 is 0 Å². The molecule has 0 saturated carbocycles. The summed E-state index contributed by atoms with van der Waals surface area (Å²) in [5.74, 6) is -0.508. The van der Waals surface area contributed by atoms with E-state index in [1.807, 2.05) is 0 Å². The third-order valence-electron chi connectivity index (χ3n) is 2.14. The first kappa shape index (κ1) is 13.5. The molecule has 0 aliphatic carbocycles. The molecule has 0 spiro atoms. The van der Waals surface area contributed by atoms with Gasteiger partial charge in [-0.15, -0.1) is 0 Å². The highest BCUT2D eigenvalue weighted by Gasteiger charge is 2.48. The van der Waals surface area contributed by atoms with Gasteiger partial charge < -0.3 is 4.18 Å². The molecule has 0 bridgehead atoms. The lowest BCUT2D eigenvalue weighted by molar-refractivity contribution is -0.0499. The van der Waals surface area contributed by atoms with Gasteiger partial charge in [0.1, 0.15) is 5.52 Å². The smallest absolute Gasteiger partial charge is 0.374 e. The minimum absolute atomic E-state index is 0.0460. The maximum Gasteiger partial charge on any atom is 0.534 e. The van der Waals surface area contributed by atoms with Crippen LogP contribution in [0.1, 0.15) is 5.69 Å². The zero-order valence-corrected chi connectivity index (χ0v) is 10.3. The van der Waals surface area contributed by atoms with E-state index in [9.17, 15) is 21.6 Å². The van der Waals surface area contributed by atoms with Gasteiger partial charge in [-0.1, -0.05) is 6.07 Å². The van der Waals surface area contributed by atoms with Gasteiger partial charge in [0.05, 0.1) is 11.2 Å². The average Bonchev–Trinajstić information content (AvgIpc) is 2.28. The number of halogens is 3. The van der Waals surface area contributed by atoms with Crippen molar-refractivity contribution in [3.8, 4) is 5.75 Å². The van der Waals surface area contributed by atoms with E-state index in [-0.39, 0.29) is 11.0 Å². The van der Waals surface area contributed by atoms with Gasteiger partial charge in [-0.05, 0) is 19.1 Å². The number of benzene rings is 1. The van der Waals surface area contributed by atoms with Gasteiger partial charge in [0.15, 0.2) is 5.75 Å². The summed E-state index contributed by atoms with van der Waals surface area (Å²) in [6, 6.07) is 3.89. The van der Waals surface area contributed by atoms with Crippen molar-refractivity contribution in [3.63, 3.8) is 0 Å². The molecule has 1 aromatic carbocycles. The first-order valence-corrected chi connectivity index (χ1v) is 6.35. The molecule has 0 fully saturated rings. The monoisotopic (exact) mass is 292 g/mol. The van der Waals surface area contributed by atoms with E-state index < -0.39 is 21.4 Å². The fraction of sp³-hybridized carbons (Fsp3) is 0.200. The second-order valence-electron chi connectivity index (χ2n) is 3.62. The van der Waals surface area contributed by atoms with Crippen LogP contribution in [0.25, 0.3) is 11.0 Å². The molecule has 0 aliphatic heterocycles. The molecule has 1 aromatic heterocycles. The van der Waals surface area contributed by atoms with E-state index in [0.29, 0.717) is 5.69 Å². The Balaban J connectivity index is 2.56. The van der Waals surface area contributed by atoms with Gasteiger partial charge in [-0.25, -0.2) is 4.98 Å². The van der Waals surface area contributed by atoms with E-state index in [2.05, 4.69) is 14.2 Å². The second kappa shape index (κ2) is 4.34. The van der Waals surface area contributed by atoms with Crippen molar-refractivity contribution in [3.05, 3.63) is 30.1 Å². The summed E-state index contributed by atoms with van der Waals surface area (Å²) in [6.45, 7) is 1.57. The third-order valence-corrected chi connectivity index (χ3v) is 3.11. The van der Waals surface area contributed by atoms with E-state index in [0.717, 1.165) is 6.07 Å². The zero-order chi connectivity index (χ0) is 14.3. The molecule has 0 saturated heterocycles. The number of aromatic nitrogens is 2. The molecule has 9 heteroatoms. The molecule has 2 aromatic rings. The van der Waals surface area contributed by atoms with Gasteiger partial charge in [-0.2, -0.15) is 21.6 Å². The number of para-hydroxylation sites is 1. The summed E-state index contributed by atoms with van der Waals surface area (Å²) in [7, 11) is -5.72. The molecule has 0 aliphatic rings. The normalized spacial score (nSPS) is 12.6. The van der Waals surface area contributed by atoms with E-state index in [4.69, 9.17) is 0 Å². The van der Waals surface area contributed by atoms with Crippen molar-refractivity contribution >= 4 is 21.2 Å². The van der Waals surface area contributed by atoms with Gasteiger partial charge in [0, 0.05) is 6.20 Å². The first-order valence-electron chi connectivity index (χ1n) is 4.94. The number of fused-ring (bicyclic) bond motifs is 1. The van der Waals surface area contributed by atoms with Crippen LogP contribution in [0.5, 0.6) is 5.75 Å². The molecule has 0 atom stereocenters. The Bertz CT molecular complexity index is 728. The minimum atomic E-state index is -5.72. The quantitative estimate of drug-likeness (QED) is 0.626. The Hall–Kier alpha value is -1.90. The Labute approximate surface area is 106 Å². The summed E-state index contributed by atoms with van der Waals surface area (Å²) in [4.78, 5) is 7.84. The highest BCUT2D eigenvalue weighted by molar-refractivity contribution is 7.88. The molecule has 5 nitrogen and oxygen atoms in total. The van der Waals surface area contributed by atoms with Crippen LogP contribution in [0.15, 0.2) is 24.4 Å². The minimum Gasteiger partial charge on any atom is -0.374 e. The number of nitrogens with zero attached hydrogens (tertiary/aromatic N) is 2. The van der Waals surface area contributed by atoms with Crippen LogP contribution in [-0.4, -0.2) is 23.9 Å². The molecule has 0 radical (unpaired) electrons. The van der Waals surface area contributed by atoms with Crippen LogP contribution in [0.3, 0.4) is 0 Å². The molecule has 0 amide bonds. The highest BCUT2D eigenvalue weighted by atomic mass is 32.2. The van der Waals surface area contributed by atoms with Gasteiger partial charge in [0.2, 0.25) is 0 Å². The predicted octanol–water partition coefficient (Wildman–Crippen LogP) is 2.17. The van der Waals surface area contributed by atoms with Crippen molar-refractivity contribution in [2.45, 2.75) is 12.4 Å². The van der Waals surface area contributed by atoms with Crippen molar-refractivity contribution in [2.24, 2.45) is 0 Å². The number of rotatable bonds is 2. The largest absolute Gasteiger partial charge is 0.534 e. The molecule has 102 valence electrons. The number of hydrogen-bond acceptors (Lipinski definition) is 5. The van der Waals surface area contributed by atoms with Crippen LogP contribution in [0, 0.1) is 6.92 Å². The SMILES string of the molecule is Cc1cnc2cccc(OS(=O)(=O)C(F)(F)F)c2n1. The van der Waals surface area contributed by atoms with Gasteiger partial charge >= 0.3 is 15.6 Å². The fourth-order valence-electron chi connectivity index (χ4n) is 1.33. The van der Waals surface area contributed by atoms with Crippen molar-refractivity contribution in [1.82, 2.24) is 9.97 Å². The zero-order valence-electron chi connectivity index (χ0n) is 9.47. The lowest BCUT2D eigenvalue weighted by Crippen LogP contribution is -2.28. The Morgan fingerprint density at radius 2 is 1.95 bits per heavy atom. The number of alkyl halides is 3. The summed E-state index contributed by atoms with van der Waals surface area (Å²) >= 11 is 0. The topological polar surface area (TPSA) is 69.2 Å². The van der Waals surface area contributed by atoms with Crippen molar-refractivity contribution < 1.29 is 25.8 Å². The Kier molecular flexibility index (Phi) is 3.09. The highest BCUT2D eigenvalue weighted by Crippen LogP contribution is 2.30. The van der Waals surface area contributed by atoms with Gasteiger partial charge in [-0.3, -0.25) is 4.98 Å². The third kappa shape index (κ3) is 2.60. The average molecular weight is 292 g/mol. The Morgan fingerprint density at radius 3 is 2.58 bits per heavy atom. The molecule has 0 unspecified atom stereocenters. The maximum absolute atomic E-state index is 12.2. The standard InChI is InChI=1S/C10H7F3N2O3S/c1-6-5-14-7-3-2-4-8(9(7)15-6)18-19(16,17)10(11,12)13/h2-5H,1H3. The lowest BCUT2D eigenvalue weighted by atomic mass is 10.3. The summed E-state index contributed by atoms with van der Waals surface area (Å²) in [5, 5.41) is 0. The molecule has 19 heavy (non-hydrogen) atoms. The first-order chi connectivity index (χ1) is 8.71. The molecular weight excluding hydrogens is 285 g/mol. The van der Waals surface area contributed by atoms with E-state index in [1.165, 1.54) is 18.3 Å². The fourth-order valence-corrected chi connectivity index (χ4v) is 1.79. The van der Waals surface area contributed by atoms with Crippen LogP contribution < -0.4 is 4.18 Å². The number of aryl methyl sites for hydroxylation is 1. The van der Waals surface area contributed by atoms with Crippen molar-refractivity contribution in [1.29, 1.82) is 0 Å². The van der Waals surface area contributed by atoms with Crippen LogP contribution in [0.4, 0.5) is 13.2 Å². The molecular formula is C10H7F3N2O3S. The summed E-state index contributed by atoms with van der Waals surface area (Å²) < 4.78 is 62.7. The molecule has 0 N–H and O–H groups in total. The van der Waals surface area contributed by atoms with Gasteiger partial charge in [0.25, 0.3) is 0 Å². The molecule has 1 heterocycles.